The Balaban J connectivity index is 2.33. The van der Waals surface area contributed by atoms with Gasteiger partial charge in [-0.2, -0.15) is 0 Å². The van der Waals surface area contributed by atoms with Crippen LogP contribution in [-0.4, -0.2) is 28.3 Å². The van der Waals surface area contributed by atoms with Crippen LogP contribution in [0.25, 0.3) is 0 Å². The average molecular weight is 353 g/mol. The van der Waals surface area contributed by atoms with Gasteiger partial charge >= 0.3 is 0 Å². The van der Waals surface area contributed by atoms with E-state index in [-0.39, 0.29) is 17.9 Å². The summed E-state index contributed by atoms with van der Waals surface area (Å²) in [5.41, 5.74) is 0.230. The van der Waals surface area contributed by atoms with Crippen LogP contribution in [0.15, 0.2) is 28.7 Å². The van der Waals surface area contributed by atoms with Crippen molar-refractivity contribution >= 4 is 27.7 Å². The first kappa shape index (κ1) is 16.0. The Morgan fingerprint density at radius 2 is 2.05 bits per heavy atom. The number of nitrogens with one attached hydrogen (secondary N) is 1. The third kappa shape index (κ3) is 3.28. The fourth-order valence-corrected chi connectivity index (χ4v) is 3.00. The SMILES string of the molecule is CCC1(C)NC(=O)CC(C)N(Cc2ccccc2Br)C1=O. The van der Waals surface area contributed by atoms with Gasteiger partial charge in [0.25, 0.3) is 0 Å². The van der Waals surface area contributed by atoms with E-state index in [0.717, 1.165) is 10.0 Å². The van der Waals surface area contributed by atoms with Gasteiger partial charge in [0.2, 0.25) is 11.8 Å². The number of halogens is 1. The fraction of sp³-hybridized carbons (Fsp3) is 0.500. The monoisotopic (exact) mass is 352 g/mol. The highest BCUT2D eigenvalue weighted by atomic mass is 79.9. The maximum Gasteiger partial charge on any atom is 0.248 e. The highest BCUT2D eigenvalue weighted by Gasteiger charge is 2.41. The smallest absolute Gasteiger partial charge is 0.248 e. The molecule has 1 aliphatic rings. The Bertz CT molecular complexity index is 561. The van der Waals surface area contributed by atoms with E-state index in [9.17, 15) is 9.59 Å². The van der Waals surface area contributed by atoms with Crippen molar-refractivity contribution in [1.82, 2.24) is 10.2 Å². The summed E-state index contributed by atoms with van der Waals surface area (Å²) in [6, 6.07) is 7.74. The summed E-state index contributed by atoms with van der Waals surface area (Å²) >= 11 is 3.52. The molecule has 1 aliphatic heterocycles. The number of carbonyl (C=O) groups is 2. The van der Waals surface area contributed by atoms with Crippen molar-refractivity contribution in [3.63, 3.8) is 0 Å². The van der Waals surface area contributed by atoms with Crippen LogP contribution in [0, 0.1) is 0 Å². The van der Waals surface area contributed by atoms with E-state index in [2.05, 4.69) is 21.2 Å². The molecule has 0 radical (unpaired) electrons. The van der Waals surface area contributed by atoms with Crippen LogP contribution in [0.2, 0.25) is 0 Å². The summed E-state index contributed by atoms with van der Waals surface area (Å²) in [5, 5.41) is 2.87. The fourth-order valence-electron chi connectivity index (χ4n) is 2.59. The molecule has 1 heterocycles. The van der Waals surface area contributed by atoms with Crippen molar-refractivity contribution in [3.8, 4) is 0 Å². The highest BCUT2D eigenvalue weighted by molar-refractivity contribution is 9.10. The number of benzene rings is 1. The first-order chi connectivity index (χ1) is 9.87. The van der Waals surface area contributed by atoms with Gasteiger partial charge in [-0.3, -0.25) is 9.59 Å². The van der Waals surface area contributed by atoms with E-state index in [1.807, 2.05) is 43.0 Å². The minimum atomic E-state index is -0.816. The number of carbonyl (C=O) groups excluding carboxylic acids is 2. The quantitative estimate of drug-likeness (QED) is 0.909. The Hall–Kier alpha value is -1.36. The third-order valence-corrected chi connectivity index (χ3v) is 4.94. The van der Waals surface area contributed by atoms with E-state index in [1.165, 1.54) is 0 Å². The van der Waals surface area contributed by atoms with Gasteiger partial charge in [-0.25, -0.2) is 0 Å². The van der Waals surface area contributed by atoms with E-state index in [1.54, 1.807) is 6.92 Å². The largest absolute Gasteiger partial charge is 0.342 e. The molecule has 1 aromatic rings. The number of nitrogens with zero attached hydrogens (tertiary/aromatic N) is 1. The number of amides is 2. The maximum atomic E-state index is 12.9. The first-order valence-corrected chi connectivity index (χ1v) is 8.02. The zero-order valence-electron chi connectivity index (χ0n) is 12.6. The Morgan fingerprint density at radius 1 is 1.38 bits per heavy atom. The molecule has 1 N–H and O–H groups in total. The molecule has 0 saturated carbocycles. The molecule has 2 atom stereocenters. The molecule has 2 unspecified atom stereocenters. The standard InChI is InChI=1S/C16H21BrN2O2/c1-4-16(3)15(21)19(11(2)9-14(20)18-16)10-12-7-5-6-8-13(12)17/h5-8,11H,4,9-10H2,1-3H3,(H,18,20). The second-order valence-electron chi connectivity index (χ2n) is 5.81. The maximum absolute atomic E-state index is 12.9. The Labute approximate surface area is 134 Å². The normalized spacial score (nSPS) is 26.5. The van der Waals surface area contributed by atoms with Crippen molar-refractivity contribution in [2.45, 2.75) is 51.7 Å². The predicted octanol–water partition coefficient (Wildman–Crippen LogP) is 2.85. The summed E-state index contributed by atoms with van der Waals surface area (Å²) in [4.78, 5) is 26.7. The Kier molecular flexibility index (Phi) is 4.71. The van der Waals surface area contributed by atoms with Gasteiger partial charge in [0.15, 0.2) is 0 Å². The van der Waals surface area contributed by atoms with E-state index in [4.69, 9.17) is 0 Å². The van der Waals surface area contributed by atoms with Gasteiger partial charge in [0.1, 0.15) is 5.54 Å². The van der Waals surface area contributed by atoms with Gasteiger partial charge in [-0.1, -0.05) is 41.1 Å². The number of hydrogen-bond donors (Lipinski definition) is 1. The summed E-state index contributed by atoms with van der Waals surface area (Å²) < 4.78 is 0.978. The summed E-state index contributed by atoms with van der Waals surface area (Å²) in [6.45, 7) is 6.16. The molecule has 0 aliphatic carbocycles. The second kappa shape index (κ2) is 6.18. The minimum absolute atomic E-state index is 0.0147. The Morgan fingerprint density at radius 3 is 2.67 bits per heavy atom. The topological polar surface area (TPSA) is 49.4 Å². The summed E-state index contributed by atoms with van der Waals surface area (Å²) in [5.74, 6) is -0.0751. The van der Waals surface area contributed by atoms with E-state index < -0.39 is 5.54 Å². The van der Waals surface area contributed by atoms with Gasteiger partial charge in [0, 0.05) is 23.5 Å². The van der Waals surface area contributed by atoms with Crippen molar-refractivity contribution in [1.29, 1.82) is 0 Å². The van der Waals surface area contributed by atoms with Gasteiger partial charge < -0.3 is 10.2 Å². The molecule has 1 fully saturated rings. The van der Waals surface area contributed by atoms with Crippen molar-refractivity contribution in [2.75, 3.05) is 0 Å². The number of rotatable bonds is 3. The molecule has 1 saturated heterocycles. The van der Waals surface area contributed by atoms with Crippen molar-refractivity contribution in [3.05, 3.63) is 34.3 Å². The lowest BCUT2D eigenvalue weighted by Crippen LogP contribution is -2.55. The average Bonchev–Trinajstić information content (AvgIpc) is 2.51. The molecule has 0 bridgehead atoms. The molecule has 1 aromatic carbocycles. The van der Waals surface area contributed by atoms with Gasteiger partial charge in [-0.15, -0.1) is 0 Å². The summed E-state index contributed by atoms with van der Waals surface area (Å²) in [6.07, 6.45) is 0.919. The van der Waals surface area contributed by atoms with E-state index in [0.29, 0.717) is 19.4 Å². The van der Waals surface area contributed by atoms with Crippen LogP contribution in [0.4, 0.5) is 0 Å². The molecule has 21 heavy (non-hydrogen) atoms. The van der Waals surface area contributed by atoms with Crippen LogP contribution in [0.5, 0.6) is 0 Å². The van der Waals surface area contributed by atoms with Crippen LogP contribution in [0.1, 0.15) is 39.2 Å². The molecular formula is C16H21BrN2O2. The zero-order valence-corrected chi connectivity index (χ0v) is 14.2. The van der Waals surface area contributed by atoms with Crippen molar-refractivity contribution in [2.24, 2.45) is 0 Å². The van der Waals surface area contributed by atoms with Crippen molar-refractivity contribution < 1.29 is 9.59 Å². The van der Waals surface area contributed by atoms with Crippen LogP contribution in [-0.2, 0) is 16.1 Å². The lowest BCUT2D eigenvalue weighted by atomic mass is 9.96. The second-order valence-corrected chi connectivity index (χ2v) is 6.67. The van der Waals surface area contributed by atoms with Gasteiger partial charge in [0.05, 0.1) is 0 Å². The minimum Gasteiger partial charge on any atom is -0.342 e. The van der Waals surface area contributed by atoms with Crippen LogP contribution < -0.4 is 5.32 Å². The molecule has 5 heteroatoms. The third-order valence-electron chi connectivity index (χ3n) is 4.17. The lowest BCUT2D eigenvalue weighted by molar-refractivity contribution is -0.140. The number of hydrogen-bond acceptors (Lipinski definition) is 2. The molecular weight excluding hydrogens is 332 g/mol. The van der Waals surface area contributed by atoms with Gasteiger partial charge in [-0.05, 0) is 31.9 Å². The highest BCUT2D eigenvalue weighted by Crippen LogP contribution is 2.25. The molecule has 0 spiro atoms. The molecule has 0 aromatic heterocycles. The van der Waals surface area contributed by atoms with Crippen LogP contribution in [0.3, 0.4) is 0 Å². The lowest BCUT2D eigenvalue weighted by Gasteiger charge is -2.34. The molecule has 2 rings (SSSR count). The van der Waals surface area contributed by atoms with E-state index >= 15 is 0 Å². The zero-order chi connectivity index (χ0) is 15.6. The summed E-state index contributed by atoms with van der Waals surface area (Å²) in [7, 11) is 0. The predicted molar refractivity (Wildman–Crippen MR) is 85.6 cm³/mol. The molecule has 2 amide bonds. The van der Waals surface area contributed by atoms with Crippen LogP contribution >= 0.6 is 15.9 Å². The first-order valence-electron chi connectivity index (χ1n) is 7.23. The molecule has 4 nitrogen and oxygen atoms in total. The molecule has 114 valence electrons.